The van der Waals surface area contributed by atoms with Gasteiger partial charge in [-0.15, -0.1) is 10.2 Å². The van der Waals surface area contributed by atoms with Crippen LogP contribution in [-0.4, -0.2) is 33.5 Å². The minimum absolute atomic E-state index is 0.0998. The molecule has 0 unspecified atom stereocenters. The smallest absolute Gasteiger partial charge is 0.254 e. The Morgan fingerprint density at radius 1 is 0.943 bits per heavy atom. The summed E-state index contributed by atoms with van der Waals surface area (Å²) in [7, 11) is 0. The third kappa shape index (κ3) is 6.83. The van der Waals surface area contributed by atoms with E-state index >= 15 is 0 Å². The summed E-state index contributed by atoms with van der Waals surface area (Å²) in [6.07, 6.45) is 1.06. The molecule has 1 aromatic heterocycles. The van der Waals surface area contributed by atoms with Crippen LogP contribution in [0.4, 0.5) is 5.13 Å². The van der Waals surface area contributed by atoms with Gasteiger partial charge in [-0.25, -0.2) is 0 Å². The molecule has 0 spiro atoms. The summed E-state index contributed by atoms with van der Waals surface area (Å²) in [6, 6.07) is 25.2. The number of carbonyl (C=O) groups excluding carboxylic acids is 2. The van der Waals surface area contributed by atoms with E-state index in [0.717, 1.165) is 27.0 Å². The quantitative estimate of drug-likeness (QED) is 0.270. The maximum absolute atomic E-state index is 13.3. The highest BCUT2D eigenvalue weighted by Gasteiger charge is 2.18. The van der Waals surface area contributed by atoms with Crippen molar-refractivity contribution in [1.29, 1.82) is 0 Å². The van der Waals surface area contributed by atoms with Gasteiger partial charge in [0, 0.05) is 35.1 Å². The summed E-state index contributed by atoms with van der Waals surface area (Å²) in [4.78, 5) is 27.7. The van der Waals surface area contributed by atoms with E-state index in [1.165, 1.54) is 16.9 Å². The molecular weight excluding hydrogens is 524 g/mol. The number of aryl methyl sites for hydroxylation is 1. The molecule has 2 amide bonds. The SMILES string of the molecule is CCc1ccc(C(=O)N(CCC(=O)Nc2nnc(-c3cccc(Br)c3)s2)Cc2ccccc2)cc1. The number of hydrogen-bond donors (Lipinski definition) is 1. The molecule has 0 aliphatic carbocycles. The topological polar surface area (TPSA) is 75.2 Å². The second-order valence-electron chi connectivity index (χ2n) is 7.98. The summed E-state index contributed by atoms with van der Waals surface area (Å²) < 4.78 is 0.947. The number of rotatable bonds is 9. The Bertz CT molecular complexity index is 1290. The molecule has 0 bridgehead atoms. The van der Waals surface area contributed by atoms with Crippen LogP contribution in [0.5, 0.6) is 0 Å². The molecule has 0 atom stereocenters. The van der Waals surface area contributed by atoms with E-state index in [-0.39, 0.29) is 24.8 Å². The Hall–Kier alpha value is -3.36. The predicted molar refractivity (Wildman–Crippen MR) is 143 cm³/mol. The fourth-order valence-corrected chi connectivity index (χ4v) is 4.71. The van der Waals surface area contributed by atoms with Crippen molar-refractivity contribution in [3.63, 3.8) is 0 Å². The predicted octanol–water partition coefficient (Wildman–Crippen LogP) is 6.20. The number of halogens is 1. The van der Waals surface area contributed by atoms with Crippen LogP contribution in [0.1, 0.15) is 34.8 Å². The van der Waals surface area contributed by atoms with Gasteiger partial charge in [0.15, 0.2) is 0 Å². The lowest BCUT2D eigenvalue weighted by molar-refractivity contribution is -0.116. The zero-order valence-electron chi connectivity index (χ0n) is 19.3. The molecule has 8 heteroatoms. The monoisotopic (exact) mass is 548 g/mol. The van der Waals surface area contributed by atoms with E-state index in [0.29, 0.717) is 17.2 Å². The van der Waals surface area contributed by atoms with Gasteiger partial charge < -0.3 is 10.2 Å². The van der Waals surface area contributed by atoms with Crippen molar-refractivity contribution in [2.75, 3.05) is 11.9 Å². The Kier molecular flexibility index (Phi) is 8.39. The number of hydrogen-bond acceptors (Lipinski definition) is 5. The maximum atomic E-state index is 13.3. The summed E-state index contributed by atoms with van der Waals surface area (Å²) in [5, 5.41) is 12.2. The van der Waals surface area contributed by atoms with Gasteiger partial charge in [0.05, 0.1) is 0 Å². The molecule has 0 saturated carbocycles. The van der Waals surface area contributed by atoms with Gasteiger partial charge in [-0.1, -0.05) is 88.8 Å². The number of benzene rings is 3. The molecule has 178 valence electrons. The molecular formula is C27H25BrN4O2S. The molecule has 0 radical (unpaired) electrons. The lowest BCUT2D eigenvalue weighted by atomic mass is 10.1. The first kappa shape index (κ1) is 24.8. The van der Waals surface area contributed by atoms with E-state index in [1.807, 2.05) is 78.9 Å². The molecule has 0 aliphatic rings. The van der Waals surface area contributed by atoms with Gasteiger partial charge >= 0.3 is 0 Å². The van der Waals surface area contributed by atoms with Crippen molar-refractivity contribution in [2.24, 2.45) is 0 Å². The summed E-state index contributed by atoms with van der Waals surface area (Å²) >= 11 is 4.77. The van der Waals surface area contributed by atoms with Crippen molar-refractivity contribution in [1.82, 2.24) is 15.1 Å². The zero-order chi connectivity index (χ0) is 24.6. The van der Waals surface area contributed by atoms with Crippen LogP contribution in [0.2, 0.25) is 0 Å². The van der Waals surface area contributed by atoms with Gasteiger partial charge in [0.1, 0.15) is 5.01 Å². The Balaban J connectivity index is 1.42. The lowest BCUT2D eigenvalue weighted by Crippen LogP contribution is -2.33. The molecule has 4 rings (SSSR count). The Labute approximate surface area is 217 Å². The first-order valence-corrected chi connectivity index (χ1v) is 12.9. The first-order valence-electron chi connectivity index (χ1n) is 11.3. The fraction of sp³-hybridized carbons (Fsp3) is 0.185. The van der Waals surface area contributed by atoms with Crippen LogP contribution < -0.4 is 5.32 Å². The highest BCUT2D eigenvalue weighted by atomic mass is 79.9. The van der Waals surface area contributed by atoms with Crippen molar-refractivity contribution in [2.45, 2.75) is 26.3 Å². The molecule has 0 aliphatic heterocycles. The molecule has 4 aromatic rings. The molecule has 35 heavy (non-hydrogen) atoms. The Morgan fingerprint density at radius 2 is 1.71 bits per heavy atom. The normalized spacial score (nSPS) is 10.7. The molecule has 3 aromatic carbocycles. The van der Waals surface area contributed by atoms with E-state index in [2.05, 4.69) is 38.4 Å². The van der Waals surface area contributed by atoms with Gasteiger partial charge in [-0.3, -0.25) is 9.59 Å². The number of nitrogens with one attached hydrogen (secondary N) is 1. The number of anilines is 1. The number of carbonyl (C=O) groups is 2. The van der Waals surface area contributed by atoms with Gasteiger partial charge in [0.25, 0.3) is 5.91 Å². The number of amides is 2. The van der Waals surface area contributed by atoms with Crippen LogP contribution >= 0.6 is 27.3 Å². The van der Waals surface area contributed by atoms with E-state index < -0.39 is 0 Å². The van der Waals surface area contributed by atoms with Gasteiger partial charge in [-0.2, -0.15) is 0 Å². The molecule has 0 fully saturated rings. The average Bonchev–Trinajstić information content (AvgIpc) is 3.35. The van der Waals surface area contributed by atoms with Crippen LogP contribution in [0.3, 0.4) is 0 Å². The average molecular weight is 549 g/mol. The van der Waals surface area contributed by atoms with Crippen LogP contribution in [0, 0.1) is 0 Å². The lowest BCUT2D eigenvalue weighted by Gasteiger charge is -2.23. The summed E-state index contributed by atoms with van der Waals surface area (Å²) in [5.74, 6) is -0.314. The fourth-order valence-electron chi connectivity index (χ4n) is 3.55. The van der Waals surface area contributed by atoms with Crippen LogP contribution in [-0.2, 0) is 17.8 Å². The minimum Gasteiger partial charge on any atom is -0.334 e. The van der Waals surface area contributed by atoms with E-state index in [4.69, 9.17) is 0 Å². The second kappa shape index (κ2) is 11.9. The van der Waals surface area contributed by atoms with Crippen LogP contribution in [0.25, 0.3) is 10.6 Å². The van der Waals surface area contributed by atoms with E-state index in [1.54, 1.807) is 4.90 Å². The third-order valence-electron chi connectivity index (χ3n) is 5.46. The zero-order valence-corrected chi connectivity index (χ0v) is 21.7. The maximum Gasteiger partial charge on any atom is 0.254 e. The number of aromatic nitrogens is 2. The molecule has 6 nitrogen and oxygen atoms in total. The standard InChI is InChI=1S/C27H25BrN4O2S/c1-2-19-11-13-21(14-12-19)26(34)32(18-20-7-4-3-5-8-20)16-15-24(33)29-27-31-30-25(35-27)22-9-6-10-23(28)17-22/h3-14,17H,2,15-16,18H2,1H3,(H,29,31,33). The van der Waals surface area contributed by atoms with Gasteiger partial charge in [-0.05, 0) is 41.8 Å². The van der Waals surface area contributed by atoms with Crippen LogP contribution in [0.15, 0.2) is 83.3 Å². The molecule has 1 N–H and O–H groups in total. The third-order valence-corrected chi connectivity index (χ3v) is 6.85. The van der Waals surface area contributed by atoms with Crippen molar-refractivity contribution in [3.05, 3.63) is 100 Å². The van der Waals surface area contributed by atoms with Crippen molar-refractivity contribution < 1.29 is 9.59 Å². The molecule has 0 saturated heterocycles. The van der Waals surface area contributed by atoms with Gasteiger partial charge in [0.2, 0.25) is 11.0 Å². The Morgan fingerprint density at radius 3 is 2.43 bits per heavy atom. The second-order valence-corrected chi connectivity index (χ2v) is 9.88. The first-order chi connectivity index (χ1) is 17.0. The minimum atomic E-state index is -0.214. The largest absolute Gasteiger partial charge is 0.334 e. The summed E-state index contributed by atoms with van der Waals surface area (Å²) in [6.45, 7) is 2.79. The van der Waals surface area contributed by atoms with E-state index in [9.17, 15) is 9.59 Å². The highest BCUT2D eigenvalue weighted by Crippen LogP contribution is 2.28. The van der Waals surface area contributed by atoms with Crippen molar-refractivity contribution >= 4 is 44.2 Å². The number of nitrogens with zero attached hydrogens (tertiary/aromatic N) is 3. The highest BCUT2D eigenvalue weighted by molar-refractivity contribution is 9.10. The molecule has 1 heterocycles. The van der Waals surface area contributed by atoms with Crippen molar-refractivity contribution in [3.8, 4) is 10.6 Å². The summed E-state index contributed by atoms with van der Waals surface area (Å²) in [5.41, 5.74) is 3.72.